The highest BCUT2D eigenvalue weighted by Gasteiger charge is 2.13. The Balaban J connectivity index is 2.43. The van der Waals surface area contributed by atoms with Gasteiger partial charge in [-0.25, -0.2) is 4.39 Å². The molecule has 0 aliphatic rings. The van der Waals surface area contributed by atoms with Crippen molar-refractivity contribution in [2.75, 3.05) is 19.8 Å². The number of halogens is 1. The molecule has 0 spiro atoms. The molecule has 2 N–H and O–H groups in total. The SMILES string of the molecule is CCOCCOCc1ccc(B(O)O)cc1F. The summed E-state index contributed by atoms with van der Waals surface area (Å²) in [5.41, 5.74) is 0.506. The van der Waals surface area contributed by atoms with E-state index in [0.29, 0.717) is 25.4 Å². The standard InChI is InChI=1S/C11H16BFO4/c1-2-16-5-6-17-8-9-3-4-10(12(14)15)7-11(9)13/h3-4,7,14-15H,2,5-6,8H2,1H3. The minimum absolute atomic E-state index is 0.126. The zero-order chi connectivity index (χ0) is 12.7. The fourth-order valence-corrected chi connectivity index (χ4v) is 1.29. The van der Waals surface area contributed by atoms with Crippen LogP contribution < -0.4 is 5.46 Å². The molecule has 94 valence electrons. The fourth-order valence-electron chi connectivity index (χ4n) is 1.29. The average molecular weight is 242 g/mol. The predicted octanol–water partition coefficient (Wildman–Crippen LogP) is 0.0586. The Bertz CT molecular complexity index is 346. The molecular weight excluding hydrogens is 226 g/mol. The van der Waals surface area contributed by atoms with Crippen molar-refractivity contribution in [3.63, 3.8) is 0 Å². The molecule has 6 heteroatoms. The van der Waals surface area contributed by atoms with Gasteiger partial charge in [0.05, 0.1) is 19.8 Å². The monoisotopic (exact) mass is 242 g/mol. The van der Waals surface area contributed by atoms with Crippen molar-refractivity contribution in [3.8, 4) is 0 Å². The minimum atomic E-state index is -1.66. The average Bonchev–Trinajstić information content (AvgIpc) is 2.30. The second kappa shape index (κ2) is 7.39. The van der Waals surface area contributed by atoms with E-state index in [-0.39, 0.29) is 12.1 Å². The summed E-state index contributed by atoms with van der Waals surface area (Å²) >= 11 is 0. The first kappa shape index (κ1) is 14.1. The van der Waals surface area contributed by atoms with Crippen LogP contribution >= 0.6 is 0 Å². The van der Waals surface area contributed by atoms with Gasteiger partial charge in [-0.15, -0.1) is 0 Å². The minimum Gasteiger partial charge on any atom is -0.423 e. The number of hydrogen-bond donors (Lipinski definition) is 2. The molecular formula is C11H16BFO4. The highest BCUT2D eigenvalue weighted by atomic mass is 19.1. The van der Waals surface area contributed by atoms with Crippen molar-refractivity contribution in [1.82, 2.24) is 0 Å². The van der Waals surface area contributed by atoms with E-state index in [1.54, 1.807) is 0 Å². The molecule has 0 fully saturated rings. The van der Waals surface area contributed by atoms with Crippen LogP contribution in [0.2, 0.25) is 0 Å². The number of benzene rings is 1. The highest BCUT2D eigenvalue weighted by Crippen LogP contribution is 2.06. The summed E-state index contributed by atoms with van der Waals surface area (Å²) in [5.74, 6) is -0.507. The van der Waals surface area contributed by atoms with E-state index in [2.05, 4.69) is 0 Å². The lowest BCUT2D eigenvalue weighted by Gasteiger charge is -2.07. The Morgan fingerprint density at radius 2 is 1.94 bits per heavy atom. The van der Waals surface area contributed by atoms with Crippen LogP contribution in [-0.2, 0) is 16.1 Å². The third kappa shape index (κ3) is 4.83. The Hall–Kier alpha value is -0.945. The first-order valence-electron chi connectivity index (χ1n) is 5.45. The van der Waals surface area contributed by atoms with E-state index < -0.39 is 12.9 Å². The van der Waals surface area contributed by atoms with Gasteiger partial charge in [0.2, 0.25) is 0 Å². The van der Waals surface area contributed by atoms with E-state index >= 15 is 0 Å². The van der Waals surface area contributed by atoms with Gasteiger partial charge in [-0.05, 0) is 18.5 Å². The summed E-state index contributed by atoms with van der Waals surface area (Å²) in [6, 6.07) is 4.02. The third-order valence-corrected chi connectivity index (χ3v) is 2.21. The van der Waals surface area contributed by atoms with Crippen molar-refractivity contribution >= 4 is 12.6 Å². The van der Waals surface area contributed by atoms with Gasteiger partial charge in [-0.3, -0.25) is 0 Å². The molecule has 1 aromatic rings. The Morgan fingerprint density at radius 1 is 1.24 bits per heavy atom. The molecule has 0 saturated heterocycles. The molecule has 17 heavy (non-hydrogen) atoms. The van der Waals surface area contributed by atoms with Crippen LogP contribution in [0.25, 0.3) is 0 Å². The van der Waals surface area contributed by atoms with E-state index in [9.17, 15) is 4.39 Å². The van der Waals surface area contributed by atoms with Crippen LogP contribution in [0.5, 0.6) is 0 Å². The van der Waals surface area contributed by atoms with Crippen molar-refractivity contribution in [2.45, 2.75) is 13.5 Å². The van der Waals surface area contributed by atoms with Crippen LogP contribution in [0, 0.1) is 5.82 Å². The lowest BCUT2D eigenvalue weighted by molar-refractivity contribution is 0.0443. The van der Waals surface area contributed by atoms with Crippen LogP contribution in [0.3, 0.4) is 0 Å². The first-order chi connectivity index (χ1) is 8.15. The number of rotatable bonds is 7. The summed E-state index contributed by atoms with van der Waals surface area (Å²) in [4.78, 5) is 0. The summed E-state index contributed by atoms with van der Waals surface area (Å²) in [7, 11) is -1.66. The van der Waals surface area contributed by atoms with Crippen molar-refractivity contribution in [2.24, 2.45) is 0 Å². The van der Waals surface area contributed by atoms with Crippen LogP contribution in [0.4, 0.5) is 4.39 Å². The Morgan fingerprint density at radius 3 is 2.53 bits per heavy atom. The van der Waals surface area contributed by atoms with E-state index in [4.69, 9.17) is 19.5 Å². The molecule has 0 heterocycles. The van der Waals surface area contributed by atoms with Crippen molar-refractivity contribution in [1.29, 1.82) is 0 Å². The van der Waals surface area contributed by atoms with Gasteiger partial charge >= 0.3 is 7.12 Å². The quantitative estimate of drug-likeness (QED) is 0.524. The molecule has 0 unspecified atom stereocenters. The molecule has 1 rings (SSSR count). The topological polar surface area (TPSA) is 58.9 Å². The van der Waals surface area contributed by atoms with Crippen LogP contribution in [0.1, 0.15) is 12.5 Å². The molecule has 0 aliphatic carbocycles. The van der Waals surface area contributed by atoms with Gasteiger partial charge in [0.1, 0.15) is 5.82 Å². The largest absolute Gasteiger partial charge is 0.488 e. The molecule has 0 aromatic heterocycles. The maximum absolute atomic E-state index is 13.5. The van der Waals surface area contributed by atoms with Crippen molar-refractivity contribution in [3.05, 3.63) is 29.6 Å². The second-order valence-corrected chi connectivity index (χ2v) is 3.47. The zero-order valence-electron chi connectivity index (χ0n) is 9.73. The van der Waals surface area contributed by atoms with E-state index in [1.807, 2.05) is 6.92 Å². The highest BCUT2D eigenvalue weighted by molar-refractivity contribution is 6.58. The fraction of sp³-hybridized carbons (Fsp3) is 0.455. The summed E-state index contributed by atoms with van der Waals surface area (Å²) in [6.45, 7) is 3.53. The normalized spacial score (nSPS) is 10.6. The Kier molecular flexibility index (Phi) is 6.14. The molecule has 1 aromatic carbocycles. The van der Waals surface area contributed by atoms with Crippen LogP contribution in [-0.4, -0.2) is 37.0 Å². The van der Waals surface area contributed by atoms with Crippen molar-refractivity contribution < 1.29 is 23.9 Å². The molecule has 0 radical (unpaired) electrons. The first-order valence-corrected chi connectivity index (χ1v) is 5.45. The van der Waals surface area contributed by atoms with Gasteiger partial charge in [-0.2, -0.15) is 0 Å². The predicted molar refractivity (Wildman–Crippen MR) is 62.4 cm³/mol. The van der Waals surface area contributed by atoms with Gasteiger partial charge < -0.3 is 19.5 Å². The Labute approximate surface area is 100 Å². The van der Waals surface area contributed by atoms with Crippen LogP contribution in [0.15, 0.2) is 18.2 Å². The smallest absolute Gasteiger partial charge is 0.423 e. The lowest BCUT2D eigenvalue weighted by Crippen LogP contribution is -2.30. The maximum Gasteiger partial charge on any atom is 0.488 e. The molecule has 0 aliphatic heterocycles. The molecule has 4 nitrogen and oxygen atoms in total. The molecule has 0 amide bonds. The molecule has 0 bridgehead atoms. The number of ether oxygens (including phenoxy) is 2. The van der Waals surface area contributed by atoms with Gasteiger partial charge in [0.15, 0.2) is 0 Å². The summed E-state index contributed by atoms with van der Waals surface area (Å²) in [6.07, 6.45) is 0. The van der Waals surface area contributed by atoms with Gasteiger partial charge in [0, 0.05) is 12.2 Å². The maximum atomic E-state index is 13.5. The lowest BCUT2D eigenvalue weighted by atomic mass is 9.80. The zero-order valence-corrected chi connectivity index (χ0v) is 9.73. The summed E-state index contributed by atoms with van der Waals surface area (Å²) in [5, 5.41) is 17.7. The van der Waals surface area contributed by atoms with Gasteiger partial charge in [0.25, 0.3) is 0 Å². The molecule has 0 atom stereocenters. The second-order valence-electron chi connectivity index (χ2n) is 3.47. The van der Waals surface area contributed by atoms with E-state index in [1.165, 1.54) is 12.1 Å². The number of hydrogen-bond acceptors (Lipinski definition) is 4. The summed E-state index contributed by atoms with van der Waals surface area (Å²) < 4.78 is 23.7. The third-order valence-electron chi connectivity index (χ3n) is 2.21. The molecule has 0 saturated carbocycles. The van der Waals surface area contributed by atoms with Gasteiger partial charge in [-0.1, -0.05) is 12.1 Å². The van der Waals surface area contributed by atoms with E-state index in [0.717, 1.165) is 6.07 Å².